The van der Waals surface area contributed by atoms with Gasteiger partial charge in [0.05, 0.1) is 15.9 Å². The quantitative estimate of drug-likeness (QED) is 0.843. The Balaban J connectivity index is 1.95. The van der Waals surface area contributed by atoms with Crippen LogP contribution in [0.4, 0.5) is 0 Å². The highest BCUT2D eigenvalue weighted by atomic mass is 79.9. The number of aromatic nitrogens is 2. The van der Waals surface area contributed by atoms with Crippen LogP contribution < -0.4 is 5.32 Å². The number of rotatable bonds is 6. The van der Waals surface area contributed by atoms with E-state index in [-0.39, 0.29) is 5.41 Å². The van der Waals surface area contributed by atoms with Crippen LogP contribution in [0, 0.1) is 12.3 Å². The van der Waals surface area contributed by atoms with Gasteiger partial charge in [-0.2, -0.15) is 5.10 Å². The summed E-state index contributed by atoms with van der Waals surface area (Å²) in [5.74, 6) is 0. The van der Waals surface area contributed by atoms with Crippen LogP contribution in [-0.2, 0) is 13.1 Å². The largest absolute Gasteiger partial charge is 0.396 e. The number of aryl methyl sites for hydroxylation is 2. The van der Waals surface area contributed by atoms with E-state index in [9.17, 15) is 5.11 Å². The van der Waals surface area contributed by atoms with Crippen molar-refractivity contribution >= 4 is 15.9 Å². The van der Waals surface area contributed by atoms with E-state index in [1.807, 2.05) is 11.6 Å². The van der Waals surface area contributed by atoms with Crippen molar-refractivity contribution in [2.45, 2.75) is 52.6 Å². The second-order valence-electron chi connectivity index (χ2n) is 5.63. The van der Waals surface area contributed by atoms with Crippen molar-refractivity contribution in [3.05, 3.63) is 15.9 Å². The van der Waals surface area contributed by atoms with Crippen molar-refractivity contribution in [3.63, 3.8) is 0 Å². The number of nitrogens with zero attached hydrogens (tertiary/aromatic N) is 2. The zero-order chi connectivity index (χ0) is 13.9. The fourth-order valence-corrected chi connectivity index (χ4v) is 3.42. The lowest BCUT2D eigenvalue weighted by atomic mass is 9.87. The third-order valence-electron chi connectivity index (χ3n) is 4.24. The maximum atomic E-state index is 9.61. The predicted octanol–water partition coefficient (Wildman–Crippen LogP) is 2.62. The Labute approximate surface area is 123 Å². The number of aliphatic hydroxyl groups is 1. The summed E-state index contributed by atoms with van der Waals surface area (Å²) in [5, 5.41) is 17.6. The summed E-state index contributed by atoms with van der Waals surface area (Å²) >= 11 is 3.61. The highest BCUT2D eigenvalue weighted by Gasteiger charge is 2.32. The van der Waals surface area contributed by atoms with Gasteiger partial charge >= 0.3 is 0 Å². The molecule has 1 aromatic rings. The summed E-state index contributed by atoms with van der Waals surface area (Å²) in [4.78, 5) is 0. The summed E-state index contributed by atoms with van der Waals surface area (Å²) in [6.45, 7) is 7.00. The highest BCUT2D eigenvalue weighted by molar-refractivity contribution is 9.10. The topological polar surface area (TPSA) is 50.1 Å². The SMILES string of the molecule is CCn1nc(C)c(Br)c1CNCC1(CO)CCCC1. The first kappa shape index (κ1) is 15.0. The van der Waals surface area contributed by atoms with E-state index < -0.39 is 0 Å². The second-order valence-corrected chi connectivity index (χ2v) is 6.42. The summed E-state index contributed by atoms with van der Waals surface area (Å²) in [6, 6.07) is 0. The Morgan fingerprint density at radius 2 is 2.11 bits per heavy atom. The van der Waals surface area contributed by atoms with Crippen LogP contribution in [0.5, 0.6) is 0 Å². The molecule has 0 aliphatic heterocycles. The maximum absolute atomic E-state index is 9.61. The fourth-order valence-electron chi connectivity index (χ4n) is 3.00. The molecule has 2 N–H and O–H groups in total. The molecule has 19 heavy (non-hydrogen) atoms. The van der Waals surface area contributed by atoms with E-state index in [4.69, 9.17) is 0 Å². The van der Waals surface area contributed by atoms with Crippen molar-refractivity contribution in [1.29, 1.82) is 0 Å². The van der Waals surface area contributed by atoms with Gasteiger partial charge in [-0.15, -0.1) is 0 Å². The third kappa shape index (κ3) is 3.20. The van der Waals surface area contributed by atoms with Gasteiger partial charge < -0.3 is 10.4 Å². The standard InChI is InChI=1S/C14H24BrN3O/c1-3-18-12(13(15)11(2)17-18)8-16-9-14(10-19)6-4-5-7-14/h16,19H,3-10H2,1-2H3. The molecule has 0 unspecified atom stereocenters. The van der Waals surface area contributed by atoms with Gasteiger partial charge in [0, 0.05) is 31.7 Å². The molecule has 108 valence electrons. The van der Waals surface area contributed by atoms with Crippen molar-refractivity contribution in [2.75, 3.05) is 13.2 Å². The number of aliphatic hydroxyl groups excluding tert-OH is 1. The molecule has 5 heteroatoms. The number of halogens is 1. The smallest absolute Gasteiger partial charge is 0.0739 e. The van der Waals surface area contributed by atoms with Gasteiger partial charge in [0.15, 0.2) is 0 Å². The number of hydrogen-bond acceptors (Lipinski definition) is 3. The van der Waals surface area contributed by atoms with E-state index in [1.54, 1.807) is 0 Å². The van der Waals surface area contributed by atoms with Crippen LogP contribution in [0.1, 0.15) is 44.0 Å². The Hall–Kier alpha value is -0.390. The van der Waals surface area contributed by atoms with Crippen molar-refractivity contribution in [1.82, 2.24) is 15.1 Å². The predicted molar refractivity (Wildman–Crippen MR) is 80.0 cm³/mol. The minimum absolute atomic E-state index is 0.110. The van der Waals surface area contributed by atoms with Crippen LogP contribution in [0.2, 0.25) is 0 Å². The molecule has 4 nitrogen and oxygen atoms in total. The van der Waals surface area contributed by atoms with Crippen LogP contribution in [0.15, 0.2) is 4.47 Å². The molecule has 1 saturated carbocycles. The summed E-state index contributed by atoms with van der Waals surface area (Å²) in [6.07, 6.45) is 4.78. The minimum atomic E-state index is 0.110. The first-order valence-corrected chi connectivity index (χ1v) is 7.94. The van der Waals surface area contributed by atoms with Gasteiger partial charge in [-0.1, -0.05) is 12.8 Å². The van der Waals surface area contributed by atoms with Gasteiger partial charge in [-0.25, -0.2) is 0 Å². The van der Waals surface area contributed by atoms with Crippen molar-refractivity contribution in [2.24, 2.45) is 5.41 Å². The van der Waals surface area contributed by atoms with E-state index >= 15 is 0 Å². The monoisotopic (exact) mass is 329 g/mol. The molecule has 2 rings (SSSR count). The zero-order valence-electron chi connectivity index (χ0n) is 11.9. The highest BCUT2D eigenvalue weighted by Crippen LogP contribution is 2.37. The lowest BCUT2D eigenvalue weighted by Crippen LogP contribution is -2.35. The summed E-state index contributed by atoms with van der Waals surface area (Å²) < 4.78 is 3.14. The molecule has 1 aliphatic carbocycles. The maximum Gasteiger partial charge on any atom is 0.0739 e. The first-order valence-electron chi connectivity index (χ1n) is 7.15. The molecule has 0 atom stereocenters. The summed E-state index contributed by atoms with van der Waals surface area (Å²) in [7, 11) is 0. The molecule has 0 radical (unpaired) electrons. The van der Waals surface area contributed by atoms with Gasteiger partial charge in [0.25, 0.3) is 0 Å². The van der Waals surface area contributed by atoms with E-state index in [0.717, 1.165) is 42.6 Å². The van der Waals surface area contributed by atoms with Crippen molar-refractivity contribution in [3.8, 4) is 0 Å². The summed E-state index contributed by atoms with van der Waals surface area (Å²) in [5.41, 5.74) is 2.35. The lowest BCUT2D eigenvalue weighted by molar-refractivity contribution is 0.128. The second kappa shape index (κ2) is 6.37. The molecular formula is C14H24BrN3O. The molecule has 1 aliphatic rings. The van der Waals surface area contributed by atoms with Gasteiger partial charge in [0.2, 0.25) is 0 Å². The zero-order valence-corrected chi connectivity index (χ0v) is 13.5. The van der Waals surface area contributed by atoms with Gasteiger partial charge in [-0.3, -0.25) is 4.68 Å². The molecule has 1 aromatic heterocycles. The molecule has 1 fully saturated rings. The van der Waals surface area contributed by atoms with E-state index in [0.29, 0.717) is 6.61 Å². The third-order valence-corrected chi connectivity index (χ3v) is 5.28. The fraction of sp³-hybridized carbons (Fsp3) is 0.786. The minimum Gasteiger partial charge on any atom is -0.396 e. The van der Waals surface area contributed by atoms with Crippen LogP contribution in [-0.4, -0.2) is 28.0 Å². The van der Waals surface area contributed by atoms with Crippen molar-refractivity contribution < 1.29 is 5.11 Å². The first-order chi connectivity index (χ1) is 9.12. The number of hydrogen-bond donors (Lipinski definition) is 2. The van der Waals surface area contributed by atoms with Crippen LogP contribution in [0.25, 0.3) is 0 Å². The van der Waals surface area contributed by atoms with Gasteiger partial charge in [-0.05, 0) is 42.6 Å². The Morgan fingerprint density at radius 3 is 2.68 bits per heavy atom. The average Bonchev–Trinajstić information content (AvgIpc) is 2.99. The molecule has 0 bridgehead atoms. The van der Waals surface area contributed by atoms with E-state index in [1.165, 1.54) is 18.5 Å². The molecule has 0 saturated heterocycles. The normalized spacial score (nSPS) is 18.1. The number of nitrogens with one attached hydrogen (secondary N) is 1. The Morgan fingerprint density at radius 1 is 1.42 bits per heavy atom. The molecule has 0 amide bonds. The van der Waals surface area contributed by atoms with Crippen LogP contribution in [0.3, 0.4) is 0 Å². The van der Waals surface area contributed by atoms with E-state index in [2.05, 4.69) is 33.3 Å². The Bertz CT molecular complexity index is 425. The Kier molecular flexibility index (Phi) is 5.03. The van der Waals surface area contributed by atoms with Gasteiger partial charge in [0.1, 0.15) is 0 Å². The average molecular weight is 330 g/mol. The molecular weight excluding hydrogens is 306 g/mol. The molecule has 0 spiro atoms. The van der Waals surface area contributed by atoms with Crippen LogP contribution >= 0.6 is 15.9 Å². The molecule has 0 aromatic carbocycles. The molecule has 1 heterocycles. The lowest BCUT2D eigenvalue weighted by Gasteiger charge is -2.26.